The topological polar surface area (TPSA) is 119 Å². The van der Waals surface area contributed by atoms with Crippen molar-refractivity contribution in [2.45, 2.75) is 106 Å². The smallest absolute Gasteiger partial charge is 0.307 e. The van der Waals surface area contributed by atoms with Crippen molar-refractivity contribution < 1.29 is 38.5 Å². The third kappa shape index (κ3) is 17.8. The average Bonchev–Trinajstić information content (AvgIpc) is 2.70. The molecule has 1 fully saturated rings. The van der Waals surface area contributed by atoms with E-state index in [1.54, 1.807) is 25.7 Å². The minimum atomic E-state index is -0.931. The van der Waals surface area contributed by atoms with Gasteiger partial charge in [0.15, 0.2) is 0 Å². The zero-order chi connectivity index (χ0) is 29.0. The summed E-state index contributed by atoms with van der Waals surface area (Å²) in [5, 5.41) is 8.96. The maximum absolute atomic E-state index is 12.6. The van der Waals surface area contributed by atoms with Crippen molar-refractivity contribution in [2.75, 3.05) is 26.3 Å². The summed E-state index contributed by atoms with van der Waals surface area (Å²) in [6.07, 6.45) is 1.31. The number of esters is 2. The number of carbonyl (C=O) groups excluding carboxylic acids is 3. The summed E-state index contributed by atoms with van der Waals surface area (Å²) in [5.74, 6) is -1.94. The Kier molecular flexibility index (Phi) is 15.0. The van der Waals surface area contributed by atoms with Crippen molar-refractivity contribution in [3.63, 3.8) is 0 Å². The van der Waals surface area contributed by atoms with Crippen LogP contribution >= 0.6 is 0 Å². The summed E-state index contributed by atoms with van der Waals surface area (Å²) in [6.45, 7) is 21.2. The molecular formula is C28H51NO8. The fourth-order valence-electron chi connectivity index (χ4n) is 3.89. The molecule has 0 aromatic rings. The van der Waals surface area contributed by atoms with Gasteiger partial charge >= 0.3 is 17.9 Å². The van der Waals surface area contributed by atoms with E-state index in [1.807, 2.05) is 34.6 Å². The first-order valence-corrected chi connectivity index (χ1v) is 13.3. The molecule has 0 spiro atoms. The number of aliphatic carboxylic acids is 1. The van der Waals surface area contributed by atoms with Crippen LogP contribution in [0.3, 0.4) is 0 Å². The molecule has 9 nitrogen and oxygen atoms in total. The van der Waals surface area contributed by atoms with E-state index in [9.17, 15) is 19.2 Å². The Labute approximate surface area is 223 Å². The Hall–Kier alpha value is -2.16. The number of carboxylic acids is 1. The number of rotatable bonds is 10. The number of morpholine rings is 1. The van der Waals surface area contributed by atoms with E-state index >= 15 is 0 Å². The quantitative estimate of drug-likeness (QED) is 0.404. The van der Waals surface area contributed by atoms with E-state index in [0.29, 0.717) is 45.1 Å². The van der Waals surface area contributed by atoms with Crippen molar-refractivity contribution in [3.8, 4) is 0 Å². The summed E-state index contributed by atoms with van der Waals surface area (Å²) in [4.78, 5) is 48.8. The molecule has 1 saturated heterocycles. The van der Waals surface area contributed by atoms with Gasteiger partial charge in [0.05, 0.1) is 32.0 Å². The second-order valence-electron chi connectivity index (χ2n) is 12.5. The van der Waals surface area contributed by atoms with Gasteiger partial charge in [0, 0.05) is 19.0 Å². The van der Waals surface area contributed by atoms with Gasteiger partial charge in [0.2, 0.25) is 5.91 Å². The van der Waals surface area contributed by atoms with Gasteiger partial charge in [-0.1, -0.05) is 27.7 Å². The second kappa shape index (κ2) is 15.9. The molecule has 2 atom stereocenters. The van der Waals surface area contributed by atoms with Crippen molar-refractivity contribution >= 4 is 23.8 Å². The van der Waals surface area contributed by atoms with Crippen LogP contribution in [0, 0.1) is 23.7 Å². The molecule has 1 aliphatic heterocycles. The zero-order valence-electron chi connectivity index (χ0n) is 24.7. The van der Waals surface area contributed by atoms with Crippen LogP contribution in [0.25, 0.3) is 0 Å². The third-order valence-electron chi connectivity index (χ3n) is 5.20. The highest BCUT2D eigenvalue weighted by molar-refractivity contribution is 5.84. The van der Waals surface area contributed by atoms with E-state index in [0.717, 1.165) is 0 Å². The van der Waals surface area contributed by atoms with Crippen LogP contribution in [0.15, 0.2) is 0 Å². The molecule has 0 bridgehead atoms. The van der Waals surface area contributed by atoms with Gasteiger partial charge in [-0.3, -0.25) is 19.2 Å². The van der Waals surface area contributed by atoms with E-state index in [-0.39, 0.29) is 36.6 Å². The molecule has 216 valence electrons. The first-order chi connectivity index (χ1) is 16.8. The standard InChI is InChI=1S/C16H29NO4.C12H22O4/c1-12(2)10-13(11-14(18)21-16(3,4)5)15(19)17-6-8-20-9-7-17;1-8(2)6-9(11(14)15)7-10(13)16-12(3,4)5/h12-13H,6-11H2,1-5H3;8-9H,6-7H2,1-5H3,(H,14,15)/t13-;9-/m11/s1. The SMILES string of the molecule is CC(C)C[C@H](CC(=O)OC(C)(C)C)C(=O)N1CCOCC1.CC(C)C[C@H](CC(=O)OC(C)(C)C)C(=O)O. The lowest BCUT2D eigenvalue weighted by molar-refractivity contribution is -0.160. The molecule has 1 amide bonds. The number of ether oxygens (including phenoxy) is 3. The highest BCUT2D eigenvalue weighted by Crippen LogP contribution is 2.22. The molecule has 0 saturated carbocycles. The van der Waals surface area contributed by atoms with Crippen molar-refractivity contribution in [1.82, 2.24) is 4.90 Å². The Morgan fingerprint density at radius 3 is 1.49 bits per heavy atom. The molecule has 1 rings (SSSR count). The lowest BCUT2D eigenvalue weighted by atomic mass is 9.92. The number of nitrogens with zero attached hydrogens (tertiary/aromatic N) is 1. The zero-order valence-corrected chi connectivity index (χ0v) is 24.7. The summed E-state index contributed by atoms with van der Waals surface area (Å²) in [5.41, 5.74) is -1.07. The van der Waals surface area contributed by atoms with Gasteiger partial charge in [-0.05, 0) is 66.2 Å². The Balaban J connectivity index is 0.000000730. The molecule has 1 aliphatic rings. The van der Waals surface area contributed by atoms with Crippen LogP contribution in [-0.2, 0) is 33.4 Å². The van der Waals surface area contributed by atoms with E-state index in [1.165, 1.54) is 0 Å². The maximum atomic E-state index is 12.6. The molecule has 0 unspecified atom stereocenters. The average molecular weight is 530 g/mol. The minimum Gasteiger partial charge on any atom is -0.481 e. The number of carbonyl (C=O) groups is 4. The van der Waals surface area contributed by atoms with Crippen molar-refractivity contribution in [1.29, 1.82) is 0 Å². The number of hydrogen-bond donors (Lipinski definition) is 1. The minimum absolute atomic E-state index is 0.0508. The molecule has 0 aromatic heterocycles. The van der Waals surface area contributed by atoms with Crippen LogP contribution in [0.1, 0.15) is 94.9 Å². The normalized spacial score (nSPS) is 15.9. The van der Waals surface area contributed by atoms with Gasteiger partial charge in [-0.2, -0.15) is 0 Å². The van der Waals surface area contributed by atoms with Crippen LogP contribution < -0.4 is 0 Å². The van der Waals surface area contributed by atoms with Crippen LogP contribution in [-0.4, -0.2) is 71.3 Å². The first-order valence-electron chi connectivity index (χ1n) is 13.3. The molecule has 1 N–H and O–H groups in total. The molecule has 1 heterocycles. The van der Waals surface area contributed by atoms with Crippen molar-refractivity contribution in [2.24, 2.45) is 23.7 Å². The first kappa shape index (κ1) is 34.8. The monoisotopic (exact) mass is 529 g/mol. The van der Waals surface area contributed by atoms with E-state index in [4.69, 9.17) is 19.3 Å². The van der Waals surface area contributed by atoms with Gasteiger partial charge in [0.1, 0.15) is 11.2 Å². The molecule has 0 aliphatic carbocycles. The maximum Gasteiger partial charge on any atom is 0.307 e. The summed E-state index contributed by atoms with van der Waals surface area (Å²) in [6, 6.07) is 0. The fraction of sp³-hybridized carbons (Fsp3) is 0.857. The Morgan fingerprint density at radius 2 is 1.14 bits per heavy atom. The molecular weight excluding hydrogens is 478 g/mol. The lowest BCUT2D eigenvalue weighted by Crippen LogP contribution is -2.44. The van der Waals surface area contributed by atoms with Gasteiger partial charge in [-0.25, -0.2) is 0 Å². The van der Waals surface area contributed by atoms with Gasteiger partial charge in [-0.15, -0.1) is 0 Å². The van der Waals surface area contributed by atoms with E-state index < -0.39 is 29.1 Å². The third-order valence-corrected chi connectivity index (χ3v) is 5.20. The van der Waals surface area contributed by atoms with Crippen LogP contribution in [0.2, 0.25) is 0 Å². The summed E-state index contributed by atoms with van der Waals surface area (Å²) < 4.78 is 15.7. The highest BCUT2D eigenvalue weighted by atomic mass is 16.6. The number of carboxylic acid groups (broad SMARTS) is 1. The van der Waals surface area contributed by atoms with E-state index in [2.05, 4.69) is 13.8 Å². The Bertz CT molecular complexity index is 727. The predicted molar refractivity (Wildman–Crippen MR) is 142 cm³/mol. The molecule has 0 radical (unpaired) electrons. The van der Waals surface area contributed by atoms with Crippen molar-refractivity contribution in [3.05, 3.63) is 0 Å². The summed E-state index contributed by atoms with van der Waals surface area (Å²) in [7, 11) is 0. The molecule has 9 heteroatoms. The second-order valence-corrected chi connectivity index (χ2v) is 12.5. The van der Waals surface area contributed by atoms with Crippen LogP contribution in [0.5, 0.6) is 0 Å². The lowest BCUT2D eigenvalue weighted by Gasteiger charge is -2.31. The number of hydrogen-bond acceptors (Lipinski definition) is 7. The van der Waals surface area contributed by atoms with Gasteiger partial charge in [0.25, 0.3) is 0 Å². The van der Waals surface area contributed by atoms with Crippen LogP contribution in [0.4, 0.5) is 0 Å². The highest BCUT2D eigenvalue weighted by Gasteiger charge is 2.30. The van der Waals surface area contributed by atoms with Gasteiger partial charge < -0.3 is 24.2 Å². The summed E-state index contributed by atoms with van der Waals surface area (Å²) >= 11 is 0. The number of amides is 1. The fourth-order valence-corrected chi connectivity index (χ4v) is 3.89. The Morgan fingerprint density at radius 1 is 0.757 bits per heavy atom. The largest absolute Gasteiger partial charge is 0.481 e. The molecule has 0 aromatic carbocycles. The predicted octanol–water partition coefficient (Wildman–Crippen LogP) is 4.70. The molecule has 37 heavy (non-hydrogen) atoms.